The maximum atomic E-state index is 13.3. The summed E-state index contributed by atoms with van der Waals surface area (Å²) in [7, 11) is 0. The van der Waals surface area contributed by atoms with Gasteiger partial charge >= 0.3 is 0 Å². The Labute approximate surface area is 201 Å². The number of carbonyl (C=O) groups excluding carboxylic acids is 1. The normalized spacial score (nSPS) is 22.1. The molecule has 2 aromatic rings. The minimum absolute atomic E-state index is 0.0866. The van der Waals surface area contributed by atoms with E-state index in [9.17, 15) is 15.0 Å². The average molecular weight is 466 g/mol. The molecule has 0 saturated carbocycles. The largest absolute Gasteiger partial charge is 0.491 e. The van der Waals surface area contributed by atoms with Crippen molar-refractivity contribution in [3.8, 4) is 5.75 Å². The lowest BCUT2D eigenvalue weighted by atomic mass is 10.00. The summed E-state index contributed by atoms with van der Waals surface area (Å²) in [4.78, 5) is 19.5. The molecule has 3 heterocycles. The van der Waals surface area contributed by atoms with E-state index in [-0.39, 0.29) is 18.6 Å². The average Bonchev–Trinajstić information content (AvgIpc) is 3.24. The first-order valence-corrected chi connectivity index (χ1v) is 12.5. The van der Waals surface area contributed by atoms with Crippen LogP contribution in [-0.4, -0.2) is 88.9 Å². The highest BCUT2D eigenvalue weighted by Gasteiger charge is 2.28. The Morgan fingerprint density at radius 2 is 1.91 bits per heavy atom. The highest BCUT2D eigenvalue weighted by molar-refractivity contribution is 5.97. The Morgan fingerprint density at radius 3 is 2.76 bits per heavy atom. The van der Waals surface area contributed by atoms with Crippen molar-refractivity contribution in [2.45, 2.75) is 44.5 Å². The third kappa shape index (κ3) is 5.13. The van der Waals surface area contributed by atoms with Crippen LogP contribution in [0, 0.1) is 0 Å². The predicted octanol–water partition coefficient (Wildman–Crippen LogP) is 1.90. The molecule has 3 aliphatic rings. The quantitative estimate of drug-likeness (QED) is 0.651. The second-order valence-corrected chi connectivity index (χ2v) is 9.79. The van der Waals surface area contributed by atoms with Gasteiger partial charge in [0.05, 0.1) is 24.8 Å². The number of amides is 1. The number of nitrogens with zero attached hydrogens (tertiary/aromatic N) is 3. The molecule has 7 heteroatoms. The van der Waals surface area contributed by atoms with Crippen molar-refractivity contribution in [2.75, 3.05) is 45.9 Å². The Balaban J connectivity index is 1.20. The standard InChI is InChI=1S/C27H35N3O4/c31-19-23-6-3-10-29(23)15-20-7-8-25-26(14-20)34-13-12-30(27(25)33)18-24(32)17-28-11-9-21-4-1-2-5-22(21)16-28/h1-2,4-5,7-8,14,23-24,31-32H,3,6,9-13,15-19H2/t23-,24-/m1/s1. The van der Waals surface area contributed by atoms with Crippen LogP contribution >= 0.6 is 0 Å². The zero-order valence-electron chi connectivity index (χ0n) is 19.7. The van der Waals surface area contributed by atoms with Crippen LogP contribution in [0.1, 0.15) is 39.9 Å². The van der Waals surface area contributed by atoms with Crippen LogP contribution in [0.3, 0.4) is 0 Å². The Bertz CT molecular complexity index is 1010. The first-order chi connectivity index (χ1) is 16.6. The third-order valence-electron chi connectivity index (χ3n) is 7.39. The van der Waals surface area contributed by atoms with Gasteiger partial charge in [-0.2, -0.15) is 0 Å². The van der Waals surface area contributed by atoms with Crippen LogP contribution in [0.25, 0.3) is 0 Å². The Kier molecular flexibility index (Phi) is 7.15. The summed E-state index contributed by atoms with van der Waals surface area (Å²) in [5.74, 6) is 0.531. The van der Waals surface area contributed by atoms with Gasteiger partial charge in [0.1, 0.15) is 12.4 Å². The molecule has 182 valence electrons. The molecule has 1 fully saturated rings. The number of aliphatic hydroxyl groups is 2. The summed E-state index contributed by atoms with van der Waals surface area (Å²) >= 11 is 0. The number of benzene rings is 2. The SMILES string of the molecule is O=C1c2ccc(CN3CCC[C@@H]3CO)cc2OCCN1C[C@H](O)CN1CCc2ccccc2C1. The summed E-state index contributed by atoms with van der Waals surface area (Å²) in [5, 5.41) is 20.4. The van der Waals surface area contributed by atoms with Crippen LogP contribution in [-0.2, 0) is 19.5 Å². The van der Waals surface area contributed by atoms with Gasteiger partial charge in [-0.15, -0.1) is 0 Å². The number of hydrogen-bond acceptors (Lipinski definition) is 6. The first-order valence-electron chi connectivity index (χ1n) is 12.5. The van der Waals surface area contributed by atoms with Gasteiger partial charge in [-0.3, -0.25) is 14.6 Å². The van der Waals surface area contributed by atoms with E-state index in [1.165, 1.54) is 11.1 Å². The van der Waals surface area contributed by atoms with E-state index in [1.807, 2.05) is 18.2 Å². The van der Waals surface area contributed by atoms with Crippen LogP contribution in [0.15, 0.2) is 42.5 Å². The number of carbonyl (C=O) groups is 1. The van der Waals surface area contributed by atoms with Gasteiger partial charge in [0.2, 0.25) is 0 Å². The lowest BCUT2D eigenvalue weighted by Crippen LogP contribution is -2.44. The molecular weight excluding hydrogens is 430 g/mol. The van der Waals surface area contributed by atoms with Gasteiger partial charge in [0.15, 0.2) is 0 Å². The molecular formula is C27H35N3O4. The van der Waals surface area contributed by atoms with Crippen molar-refractivity contribution in [3.05, 3.63) is 64.7 Å². The van der Waals surface area contributed by atoms with Crippen molar-refractivity contribution in [2.24, 2.45) is 0 Å². The lowest BCUT2D eigenvalue weighted by Gasteiger charge is -2.32. The molecule has 1 saturated heterocycles. The zero-order chi connectivity index (χ0) is 23.5. The van der Waals surface area contributed by atoms with Gasteiger partial charge in [-0.1, -0.05) is 30.3 Å². The molecule has 0 spiro atoms. The van der Waals surface area contributed by atoms with E-state index in [0.717, 1.165) is 51.0 Å². The van der Waals surface area contributed by atoms with Gasteiger partial charge < -0.3 is 19.8 Å². The zero-order valence-corrected chi connectivity index (χ0v) is 19.7. The van der Waals surface area contributed by atoms with Crippen LogP contribution in [0.4, 0.5) is 0 Å². The van der Waals surface area contributed by atoms with Gasteiger partial charge in [0, 0.05) is 38.8 Å². The summed E-state index contributed by atoms with van der Waals surface area (Å²) in [5.41, 5.74) is 4.36. The number of aliphatic hydroxyl groups excluding tert-OH is 2. The van der Waals surface area contributed by atoms with Gasteiger partial charge in [-0.25, -0.2) is 0 Å². The fourth-order valence-corrected chi connectivity index (χ4v) is 5.54. The second-order valence-electron chi connectivity index (χ2n) is 9.79. The predicted molar refractivity (Wildman–Crippen MR) is 130 cm³/mol. The number of fused-ring (bicyclic) bond motifs is 2. The molecule has 2 aromatic carbocycles. The second kappa shape index (κ2) is 10.4. The maximum Gasteiger partial charge on any atom is 0.257 e. The lowest BCUT2D eigenvalue weighted by molar-refractivity contribution is 0.0501. The van der Waals surface area contributed by atoms with Crippen molar-refractivity contribution in [1.29, 1.82) is 0 Å². The van der Waals surface area contributed by atoms with E-state index in [1.54, 1.807) is 4.90 Å². The molecule has 34 heavy (non-hydrogen) atoms. The summed E-state index contributed by atoms with van der Waals surface area (Å²) in [6, 6.07) is 14.5. The topological polar surface area (TPSA) is 76.5 Å². The van der Waals surface area contributed by atoms with E-state index in [0.29, 0.717) is 37.6 Å². The monoisotopic (exact) mass is 465 g/mol. The van der Waals surface area contributed by atoms with E-state index >= 15 is 0 Å². The molecule has 0 unspecified atom stereocenters. The number of β-amino-alcohol motifs (C(OH)–C–C–N with tert-alkyl or cyclic N) is 1. The molecule has 2 N–H and O–H groups in total. The Morgan fingerprint density at radius 1 is 1.06 bits per heavy atom. The molecule has 3 aliphatic heterocycles. The molecule has 0 radical (unpaired) electrons. The third-order valence-corrected chi connectivity index (χ3v) is 7.39. The van der Waals surface area contributed by atoms with E-state index < -0.39 is 6.10 Å². The van der Waals surface area contributed by atoms with Gasteiger partial charge in [-0.05, 0) is 54.6 Å². The van der Waals surface area contributed by atoms with Crippen molar-refractivity contribution in [1.82, 2.24) is 14.7 Å². The van der Waals surface area contributed by atoms with Crippen molar-refractivity contribution in [3.63, 3.8) is 0 Å². The van der Waals surface area contributed by atoms with Crippen LogP contribution < -0.4 is 4.74 Å². The molecule has 7 nitrogen and oxygen atoms in total. The van der Waals surface area contributed by atoms with E-state index in [2.05, 4.69) is 34.1 Å². The molecule has 0 bridgehead atoms. The highest BCUT2D eigenvalue weighted by atomic mass is 16.5. The number of hydrogen-bond donors (Lipinski definition) is 2. The molecule has 2 atom stereocenters. The minimum atomic E-state index is -0.611. The van der Waals surface area contributed by atoms with Crippen molar-refractivity contribution >= 4 is 5.91 Å². The first kappa shape index (κ1) is 23.3. The molecule has 0 aliphatic carbocycles. The maximum absolute atomic E-state index is 13.3. The highest BCUT2D eigenvalue weighted by Crippen LogP contribution is 2.27. The number of likely N-dealkylation sites (tertiary alicyclic amines) is 1. The van der Waals surface area contributed by atoms with Crippen LogP contribution in [0.5, 0.6) is 5.75 Å². The van der Waals surface area contributed by atoms with Crippen molar-refractivity contribution < 1.29 is 19.7 Å². The Hall–Kier alpha value is -2.45. The molecule has 0 aromatic heterocycles. The smallest absolute Gasteiger partial charge is 0.257 e. The summed E-state index contributed by atoms with van der Waals surface area (Å²) in [6.07, 6.45) is 2.51. The molecule has 5 rings (SSSR count). The fourth-order valence-electron chi connectivity index (χ4n) is 5.54. The van der Waals surface area contributed by atoms with Gasteiger partial charge in [0.25, 0.3) is 5.91 Å². The fraction of sp³-hybridized carbons (Fsp3) is 0.519. The summed E-state index contributed by atoms with van der Waals surface area (Å²) in [6.45, 7) is 5.39. The minimum Gasteiger partial charge on any atom is -0.491 e. The number of ether oxygens (including phenoxy) is 1. The summed E-state index contributed by atoms with van der Waals surface area (Å²) < 4.78 is 5.96. The van der Waals surface area contributed by atoms with Crippen LogP contribution in [0.2, 0.25) is 0 Å². The number of rotatable bonds is 7. The van der Waals surface area contributed by atoms with E-state index in [4.69, 9.17) is 4.74 Å². The molecule has 1 amide bonds.